The van der Waals surface area contributed by atoms with Gasteiger partial charge in [0.25, 0.3) is 0 Å². The highest BCUT2D eigenvalue weighted by Gasteiger charge is 2.29. The Hall–Kier alpha value is -1.24. The molecule has 0 saturated carbocycles. The number of carbonyl (C=O) groups excluding carboxylic acids is 2. The Bertz CT molecular complexity index is 590. The summed E-state index contributed by atoms with van der Waals surface area (Å²) in [7, 11) is 0. The van der Waals surface area contributed by atoms with Crippen LogP contribution < -0.4 is 5.32 Å². The molecule has 3 rings (SSSR count). The number of nitrogens with zero attached hydrogens (tertiary/aromatic N) is 2. The Labute approximate surface area is 151 Å². The van der Waals surface area contributed by atoms with E-state index < -0.39 is 0 Å². The summed E-state index contributed by atoms with van der Waals surface area (Å²) in [6.45, 7) is 2.67. The van der Waals surface area contributed by atoms with E-state index >= 15 is 0 Å². The molecule has 1 atom stereocenters. The SMILES string of the molecule is O=C(Cc1ccc(Cl)cc1)N1CCCN(C(=O)C2CSCN2)CC1. The molecule has 5 nitrogen and oxygen atoms in total. The third kappa shape index (κ3) is 4.43. The van der Waals surface area contributed by atoms with Gasteiger partial charge in [-0.1, -0.05) is 23.7 Å². The highest BCUT2D eigenvalue weighted by molar-refractivity contribution is 7.99. The number of benzene rings is 1. The van der Waals surface area contributed by atoms with Crippen LogP contribution in [0.3, 0.4) is 0 Å². The minimum Gasteiger partial charge on any atom is -0.341 e. The normalized spacial score (nSPS) is 21.6. The van der Waals surface area contributed by atoms with Gasteiger partial charge in [-0.05, 0) is 24.1 Å². The minimum atomic E-state index is -0.0636. The van der Waals surface area contributed by atoms with Crippen molar-refractivity contribution in [2.24, 2.45) is 0 Å². The predicted molar refractivity (Wildman–Crippen MR) is 97.2 cm³/mol. The Balaban J connectivity index is 1.53. The topological polar surface area (TPSA) is 52.7 Å². The summed E-state index contributed by atoms with van der Waals surface area (Å²) < 4.78 is 0. The quantitative estimate of drug-likeness (QED) is 0.881. The average Bonchev–Trinajstić information content (AvgIpc) is 3.00. The average molecular weight is 368 g/mol. The van der Waals surface area contributed by atoms with Crippen molar-refractivity contribution >= 4 is 35.2 Å². The van der Waals surface area contributed by atoms with Gasteiger partial charge in [-0.2, -0.15) is 0 Å². The number of hydrogen-bond donors (Lipinski definition) is 1. The first kappa shape index (κ1) is 17.6. The number of nitrogens with one attached hydrogen (secondary N) is 1. The molecule has 130 valence electrons. The van der Waals surface area contributed by atoms with Crippen LogP contribution in [0.1, 0.15) is 12.0 Å². The van der Waals surface area contributed by atoms with Crippen LogP contribution in [-0.2, 0) is 16.0 Å². The second kappa shape index (κ2) is 8.23. The van der Waals surface area contributed by atoms with Gasteiger partial charge < -0.3 is 9.80 Å². The molecule has 24 heavy (non-hydrogen) atoms. The summed E-state index contributed by atoms with van der Waals surface area (Å²) >= 11 is 7.63. The zero-order valence-electron chi connectivity index (χ0n) is 13.5. The van der Waals surface area contributed by atoms with Gasteiger partial charge in [0.1, 0.15) is 0 Å². The summed E-state index contributed by atoms with van der Waals surface area (Å²) in [6.07, 6.45) is 1.21. The van der Waals surface area contributed by atoms with Crippen molar-refractivity contribution in [2.75, 3.05) is 37.8 Å². The van der Waals surface area contributed by atoms with E-state index in [0.29, 0.717) is 31.1 Å². The largest absolute Gasteiger partial charge is 0.341 e. The van der Waals surface area contributed by atoms with E-state index in [1.54, 1.807) is 23.9 Å². The summed E-state index contributed by atoms with van der Waals surface area (Å²) in [4.78, 5) is 28.8. The molecule has 2 aliphatic heterocycles. The number of rotatable bonds is 3. The summed E-state index contributed by atoms with van der Waals surface area (Å²) in [6, 6.07) is 7.32. The molecule has 1 N–H and O–H groups in total. The van der Waals surface area contributed by atoms with Gasteiger partial charge in [-0.3, -0.25) is 14.9 Å². The fourth-order valence-electron chi connectivity index (χ4n) is 3.05. The lowest BCUT2D eigenvalue weighted by Crippen LogP contribution is -2.46. The van der Waals surface area contributed by atoms with E-state index in [9.17, 15) is 9.59 Å². The van der Waals surface area contributed by atoms with E-state index in [4.69, 9.17) is 11.6 Å². The first-order valence-electron chi connectivity index (χ1n) is 8.25. The van der Waals surface area contributed by atoms with Crippen molar-refractivity contribution in [3.63, 3.8) is 0 Å². The first-order chi connectivity index (χ1) is 11.6. The molecular weight excluding hydrogens is 346 g/mol. The van der Waals surface area contributed by atoms with Crippen molar-refractivity contribution in [3.05, 3.63) is 34.9 Å². The van der Waals surface area contributed by atoms with Gasteiger partial charge in [0.15, 0.2) is 0 Å². The van der Waals surface area contributed by atoms with Crippen LogP contribution in [0.15, 0.2) is 24.3 Å². The fourth-order valence-corrected chi connectivity index (χ4v) is 4.11. The molecule has 2 fully saturated rings. The lowest BCUT2D eigenvalue weighted by Gasteiger charge is -2.24. The lowest BCUT2D eigenvalue weighted by atomic mass is 10.1. The molecule has 0 aliphatic carbocycles. The molecule has 0 bridgehead atoms. The van der Waals surface area contributed by atoms with E-state index in [0.717, 1.165) is 30.2 Å². The number of halogens is 1. The van der Waals surface area contributed by atoms with Crippen LogP contribution >= 0.6 is 23.4 Å². The smallest absolute Gasteiger partial charge is 0.240 e. The van der Waals surface area contributed by atoms with Gasteiger partial charge in [-0.25, -0.2) is 0 Å². The highest BCUT2D eigenvalue weighted by atomic mass is 35.5. The van der Waals surface area contributed by atoms with Gasteiger partial charge >= 0.3 is 0 Å². The second-order valence-electron chi connectivity index (χ2n) is 6.13. The molecule has 7 heteroatoms. The molecule has 2 amide bonds. The van der Waals surface area contributed by atoms with Gasteiger partial charge in [-0.15, -0.1) is 11.8 Å². The third-order valence-corrected chi connectivity index (χ3v) is 5.64. The Kier molecular flexibility index (Phi) is 6.03. The molecule has 0 aromatic heterocycles. The fraction of sp³-hybridized carbons (Fsp3) is 0.529. The standard InChI is InChI=1S/C17H22ClN3O2S/c18-14-4-2-13(3-5-14)10-16(22)20-6-1-7-21(9-8-20)17(23)15-11-24-12-19-15/h2-5,15,19H,1,6-12H2. The Morgan fingerprint density at radius 3 is 2.54 bits per heavy atom. The molecule has 0 spiro atoms. The molecule has 2 heterocycles. The van der Waals surface area contributed by atoms with Crippen LogP contribution in [-0.4, -0.2) is 65.5 Å². The molecule has 2 saturated heterocycles. The number of thioether (sulfide) groups is 1. The van der Waals surface area contributed by atoms with Gasteiger partial charge in [0.05, 0.1) is 12.5 Å². The number of amides is 2. The van der Waals surface area contributed by atoms with Crippen LogP contribution in [0.5, 0.6) is 0 Å². The highest BCUT2D eigenvalue weighted by Crippen LogP contribution is 2.15. The molecule has 1 aromatic rings. The van der Waals surface area contributed by atoms with Crippen LogP contribution in [0.2, 0.25) is 5.02 Å². The monoisotopic (exact) mass is 367 g/mol. The van der Waals surface area contributed by atoms with E-state index in [-0.39, 0.29) is 17.9 Å². The molecular formula is C17H22ClN3O2S. The molecule has 1 aromatic carbocycles. The summed E-state index contributed by atoms with van der Waals surface area (Å²) in [5.41, 5.74) is 0.966. The predicted octanol–water partition coefficient (Wildman–Crippen LogP) is 1.61. The van der Waals surface area contributed by atoms with Crippen molar-refractivity contribution in [3.8, 4) is 0 Å². The molecule has 1 unspecified atom stereocenters. The van der Waals surface area contributed by atoms with E-state index in [2.05, 4.69) is 5.32 Å². The van der Waals surface area contributed by atoms with Crippen LogP contribution in [0, 0.1) is 0 Å². The van der Waals surface area contributed by atoms with E-state index in [1.165, 1.54) is 0 Å². The van der Waals surface area contributed by atoms with Crippen molar-refractivity contribution in [1.29, 1.82) is 0 Å². The van der Waals surface area contributed by atoms with Crippen LogP contribution in [0.4, 0.5) is 0 Å². The molecule has 2 aliphatic rings. The number of hydrogen-bond acceptors (Lipinski definition) is 4. The molecule has 0 radical (unpaired) electrons. The van der Waals surface area contributed by atoms with Gasteiger partial charge in [0, 0.05) is 42.8 Å². The van der Waals surface area contributed by atoms with Gasteiger partial charge in [0.2, 0.25) is 11.8 Å². The van der Waals surface area contributed by atoms with E-state index in [1.807, 2.05) is 21.9 Å². The van der Waals surface area contributed by atoms with Crippen molar-refractivity contribution in [1.82, 2.24) is 15.1 Å². The third-order valence-electron chi connectivity index (χ3n) is 4.44. The maximum absolute atomic E-state index is 12.5. The minimum absolute atomic E-state index is 0.0636. The second-order valence-corrected chi connectivity index (χ2v) is 7.60. The maximum Gasteiger partial charge on any atom is 0.240 e. The van der Waals surface area contributed by atoms with Crippen LogP contribution in [0.25, 0.3) is 0 Å². The lowest BCUT2D eigenvalue weighted by molar-refractivity contribution is -0.134. The van der Waals surface area contributed by atoms with Crippen molar-refractivity contribution in [2.45, 2.75) is 18.9 Å². The number of carbonyl (C=O) groups is 2. The zero-order valence-corrected chi connectivity index (χ0v) is 15.1. The van der Waals surface area contributed by atoms with Crippen molar-refractivity contribution < 1.29 is 9.59 Å². The Morgan fingerprint density at radius 1 is 1.12 bits per heavy atom. The first-order valence-corrected chi connectivity index (χ1v) is 9.79. The summed E-state index contributed by atoms with van der Waals surface area (Å²) in [5, 5.41) is 3.90. The Morgan fingerprint density at radius 2 is 1.83 bits per heavy atom. The zero-order chi connectivity index (χ0) is 16.9. The maximum atomic E-state index is 12.5. The summed E-state index contributed by atoms with van der Waals surface area (Å²) in [5.74, 6) is 1.97.